The highest BCUT2D eigenvalue weighted by Gasteiger charge is 2.24. The molecule has 3 rings (SSSR count). The molecule has 1 atom stereocenters. The molecule has 27 heavy (non-hydrogen) atoms. The minimum Gasteiger partial charge on any atom is -0.461 e. The molecule has 150 valence electrons. The number of rotatable bonds is 6. The van der Waals surface area contributed by atoms with Crippen LogP contribution >= 0.6 is 35.7 Å². The minimum atomic E-state index is 0. The van der Waals surface area contributed by atoms with Gasteiger partial charge in [-0.05, 0) is 25.0 Å². The van der Waals surface area contributed by atoms with Gasteiger partial charge in [0.1, 0.15) is 5.82 Å². The average Bonchev–Trinajstić information content (AvgIpc) is 3.32. The molecule has 1 fully saturated rings. The van der Waals surface area contributed by atoms with Crippen LogP contribution < -0.4 is 5.32 Å². The fourth-order valence-electron chi connectivity index (χ4n) is 2.89. The molecule has 0 radical (unpaired) electrons. The van der Waals surface area contributed by atoms with Crippen molar-refractivity contribution < 1.29 is 4.42 Å². The number of nitrogens with zero attached hydrogens (tertiary/aromatic N) is 4. The zero-order chi connectivity index (χ0) is 18.4. The topological polar surface area (TPSA) is 82.3 Å². The van der Waals surface area contributed by atoms with Crippen LogP contribution in [0, 0.1) is 5.92 Å². The molecular weight excluding hydrogens is 475 g/mol. The van der Waals surface area contributed by atoms with E-state index in [4.69, 9.17) is 9.41 Å². The van der Waals surface area contributed by atoms with E-state index in [1.807, 2.05) is 12.1 Å². The van der Waals surface area contributed by atoms with Crippen LogP contribution in [0.25, 0.3) is 11.6 Å². The Morgan fingerprint density at radius 3 is 3.07 bits per heavy atom. The molecule has 0 spiro atoms. The highest BCUT2D eigenvalue weighted by molar-refractivity contribution is 14.0. The van der Waals surface area contributed by atoms with Gasteiger partial charge in [-0.2, -0.15) is 16.9 Å². The molecule has 9 heteroatoms. The summed E-state index contributed by atoms with van der Waals surface area (Å²) in [5, 5.41) is 11.3. The summed E-state index contributed by atoms with van der Waals surface area (Å²) < 4.78 is 5.32. The Morgan fingerprint density at radius 2 is 2.37 bits per heavy atom. The van der Waals surface area contributed by atoms with Crippen LogP contribution in [0.5, 0.6) is 0 Å². The molecule has 2 aromatic rings. The molecule has 0 saturated carbocycles. The quantitative estimate of drug-likeness (QED) is 0.357. The lowest BCUT2D eigenvalue weighted by Crippen LogP contribution is -2.49. The molecular formula is C18H29IN6OS. The Morgan fingerprint density at radius 1 is 1.52 bits per heavy atom. The summed E-state index contributed by atoms with van der Waals surface area (Å²) >= 11 is 2.08. The molecule has 1 unspecified atom stereocenters. The zero-order valence-electron chi connectivity index (χ0n) is 16.1. The zero-order valence-corrected chi connectivity index (χ0v) is 19.3. The number of aromatic amines is 1. The van der Waals surface area contributed by atoms with Crippen molar-refractivity contribution in [3.8, 4) is 11.6 Å². The number of thioether (sulfide) groups is 1. The monoisotopic (exact) mass is 504 g/mol. The normalized spacial score (nSPS) is 17.9. The van der Waals surface area contributed by atoms with E-state index >= 15 is 0 Å². The molecule has 0 amide bonds. The van der Waals surface area contributed by atoms with Crippen LogP contribution in [0.2, 0.25) is 0 Å². The smallest absolute Gasteiger partial charge is 0.216 e. The average molecular weight is 504 g/mol. The first-order valence-corrected chi connectivity index (χ1v) is 10.3. The summed E-state index contributed by atoms with van der Waals surface area (Å²) in [6, 6.07) is 3.69. The van der Waals surface area contributed by atoms with Gasteiger partial charge in [-0.25, -0.2) is 4.98 Å². The van der Waals surface area contributed by atoms with Crippen molar-refractivity contribution in [3.63, 3.8) is 0 Å². The number of hydrogen-bond donors (Lipinski definition) is 2. The summed E-state index contributed by atoms with van der Waals surface area (Å²) in [6.07, 6.45) is 2.35. The number of aromatic nitrogens is 3. The van der Waals surface area contributed by atoms with Crippen molar-refractivity contribution in [2.24, 2.45) is 10.9 Å². The number of aliphatic imine (C=N–C) groups is 1. The maximum atomic E-state index is 5.32. The molecule has 2 aromatic heterocycles. The molecule has 1 aliphatic heterocycles. The first kappa shape index (κ1) is 22.1. The number of hydrogen-bond acceptors (Lipinski definition) is 5. The van der Waals surface area contributed by atoms with Gasteiger partial charge in [-0.3, -0.25) is 10.1 Å². The molecule has 3 heterocycles. The van der Waals surface area contributed by atoms with E-state index in [2.05, 4.69) is 57.9 Å². The Bertz CT molecular complexity index is 703. The van der Waals surface area contributed by atoms with E-state index in [0.717, 1.165) is 43.6 Å². The summed E-state index contributed by atoms with van der Waals surface area (Å²) in [4.78, 5) is 11.7. The summed E-state index contributed by atoms with van der Waals surface area (Å²) in [7, 11) is 0. The second-order valence-electron chi connectivity index (χ2n) is 6.67. The van der Waals surface area contributed by atoms with Gasteiger partial charge >= 0.3 is 0 Å². The predicted octanol–water partition coefficient (Wildman–Crippen LogP) is 3.26. The van der Waals surface area contributed by atoms with E-state index in [1.165, 1.54) is 0 Å². The Hall–Kier alpha value is -1.23. The van der Waals surface area contributed by atoms with Gasteiger partial charge in [0.05, 0.1) is 6.26 Å². The molecule has 1 saturated heterocycles. The van der Waals surface area contributed by atoms with Gasteiger partial charge < -0.3 is 14.6 Å². The highest BCUT2D eigenvalue weighted by atomic mass is 127. The lowest BCUT2D eigenvalue weighted by molar-refractivity contribution is 0.381. The third-order valence-corrected chi connectivity index (χ3v) is 5.89. The third-order valence-electron chi connectivity index (χ3n) is 4.35. The van der Waals surface area contributed by atoms with E-state index in [1.54, 1.807) is 6.26 Å². The van der Waals surface area contributed by atoms with Crippen LogP contribution in [-0.2, 0) is 6.42 Å². The fourth-order valence-corrected chi connectivity index (χ4v) is 4.19. The van der Waals surface area contributed by atoms with Crippen LogP contribution in [-0.4, -0.2) is 63.2 Å². The van der Waals surface area contributed by atoms with Crippen molar-refractivity contribution in [1.29, 1.82) is 0 Å². The third kappa shape index (κ3) is 6.13. The first-order chi connectivity index (χ1) is 12.7. The van der Waals surface area contributed by atoms with Gasteiger partial charge in [0.25, 0.3) is 0 Å². The summed E-state index contributed by atoms with van der Waals surface area (Å²) in [6.45, 7) is 10.4. The highest BCUT2D eigenvalue weighted by Crippen LogP contribution is 2.24. The maximum Gasteiger partial charge on any atom is 0.216 e. The Labute approximate surface area is 182 Å². The van der Waals surface area contributed by atoms with Crippen LogP contribution in [0.4, 0.5) is 0 Å². The van der Waals surface area contributed by atoms with Gasteiger partial charge in [-0.1, -0.05) is 13.8 Å². The van der Waals surface area contributed by atoms with Crippen molar-refractivity contribution in [1.82, 2.24) is 25.4 Å². The van der Waals surface area contributed by atoms with Gasteiger partial charge in [0.2, 0.25) is 5.82 Å². The van der Waals surface area contributed by atoms with Gasteiger partial charge in [0, 0.05) is 43.6 Å². The number of nitrogens with one attached hydrogen (secondary N) is 2. The SMILES string of the molecule is CCNC(=NCCc1nc(-c2ccco2)n[nH]1)N1CCSC(C(C)C)C1.I. The van der Waals surface area contributed by atoms with Crippen LogP contribution in [0.3, 0.4) is 0 Å². The summed E-state index contributed by atoms with van der Waals surface area (Å²) in [5.74, 6) is 4.93. The van der Waals surface area contributed by atoms with Crippen LogP contribution in [0.1, 0.15) is 26.6 Å². The van der Waals surface area contributed by atoms with Gasteiger partial charge in [0.15, 0.2) is 11.7 Å². The van der Waals surface area contributed by atoms with Gasteiger partial charge in [-0.15, -0.1) is 24.0 Å². The molecule has 7 nitrogen and oxygen atoms in total. The lowest BCUT2D eigenvalue weighted by Gasteiger charge is -2.36. The van der Waals surface area contributed by atoms with Crippen molar-refractivity contribution in [2.45, 2.75) is 32.4 Å². The Balaban J connectivity index is 0.00000261. The molecule has 1 aliphatic rings. The lowest BCUT2D eigenvalue weighted by atomic mass is 10.1. The molecule has 0 aliphatic carbocycles. The largest absolute Gasteiger partial charge is 0.461 e. The first-order valence-electron chi connectivity index (χ1n) is 9.27. The standard InChI is InChI=1S/C18H28N6OS.HI/c1-4-19-18(24-9-11-26-15(12-24)13(2)3)20-8-7-16-21-17(23-22-16)14-6-5-10-25-14;/h5-6,10,13,15H,4,7-9,11-12H2,1-3H3,(H,19,20)(H,21,22,23);1H. The van der Waals surface area contributed by atoms with E-state index in [9.17, 15) is 0 Å². The van der Waals surface area contributed by atoms with E-state index in [0.29, 0.717) is 29.3 Å². The Kier molecular flexibility index (Phi) is 8.94. The fraction of sp³-hybridized carbons (Fsp3) is 0.611. The van der Waals surface area contributed by atoms with Crippen molar-refractivity contribution in [2.75, 3.05) is 31.9 Å². The molecule has 0 aromatic carbocycles. The number of H-pyrrole nitrogens is 1. The van der Waals surface area contributed by atoms with E-state index in [-0.39, 0.29) is 24.0 Å². The number of halogens is 1. The summed E-state index contributed by atoms with van der Waals surface area (Å²) in [5.41, 5.74) is 0. The number of furan rings is 1. The van der Waals surface area contributed by atoms with Crippen LogP contribution in [0.15, 0.2) is 27.8 Å². The van der Waals surface area contributed by atoms with Crippen molar-refractivity contribution >= 4 is 41.7 Å². The minimum absolute atomic E-state index is 0. The maximum absolute atomic E-state index is 5.32. The van der Waals surface area contributed by atoms with E-state index < -0.39 is 0 Å². The van der Waals surface area contributed by atoms with Crippen molar-refractivity contribution in [3.05, 3.63) is 24.2 Å². The second kappa shape index (κ2) is 10.9. The molecule has 0 bridgehead atoms. The number of guanidine groups is 1. The molecule has 2 N–H and O–H groups in total. The second-order valence-corrected chi connectivity index (χ2v) is 8.02. The predicted molar refractivity (Wildman–Crippen MR) is 122 cm³/mol.